The fourth-order valence-corrected chi connectivity index (χ4v) is 6.22. The Kier molecular flexibility index (Phi) is 6.52. The Bertz CT molecular complexity index is 2460. The molecule has 0 atom stereocenters. The average molecular weight is 613 g/mol. The van der Waals surface area contributed by atoms with E-state index in [1.54, 1.807) is 0 Å². The van der Waals surface area contributed by atoms with Gasteiger partial charge >= 0.3 is 0 Å². The predicted molar refractivity (Wildman–Crippen MR) is 194 cm³/mol. The van der Waals surface area contributed by atoms with Crippen LogP contribution < -0.4 is 0 Å². The number of para-hydroxylation sites is 1. The number of hydrogen-bond acceptors (Lipinski definition) is 5. The van der Waals surface area contributed by atoms with E-state index in [1.165, 1.54) is 0 Å². The molecule has 4 aromatic heterocycles. The molecule has 0 radical (unpaired) electrons. The molecule has 0 aliphatic heterocycles. The Labute approximate surface area is 274 Å². The summed E-state index contributed by atoms with van der Waals surface area (Å²) in [5, 5.41) is 3.16. The van der Waals surface area contributed by atoms with E-state index in [0.29, 0.717) is 11.4 Å². The molecule has 0 fully saturated rings. The summed E-state index contributed by atoms with van der Waals surface area (Å²) in [4.78, 5) is 20.6. The summed E-state index contributed by atoms with van der Waals surface area (Å²) >= 11 is 0. The van der Waals surface area contributed by atoms with Crippen LogP contribution in [0.5, 0.6) is 0 Å². The molecule has 47 heavy (non-hydrogen) atoms. The fourth-order valence-electron chi connectivity index (χ4n) is 6.22. The van der Waals surface area contributed by atoms with Crippen LogP contribution in [0, 0.1) is 0 Å². The standard InChI is InChI=1S/C42H36N4O/c1-41(2,3)33-23-21-27-20-22-29-31(24-34(42(4,5)6)44-37(29)35(27)43-33)25-16-18-28(19-17-25)40-45-36(26-12-8-7-9-13-26)39-38(46-40)30-14-10-11-15-32(30)47-39/h7-24H,1-6H3. The molecule has 0 spiro atoms. The van der Waals surface area contributed by atoms with Gasteiger partial charge in [0.2, 0.25) is 0 Å². The van der Waals surface area contributed by atoms with Crippen molar-refractivity contribution in [3.63, 3.8) is 0 Å². The van der Waals surface area contributed by atoms with Crippen LogP contribution in [0.15, 0.2) is 114 Å². The van der Waals surface area contributed by atoms with E-state index in [2.05, 4.69) is 114 Å². The maximum Gasteiger partial charge on any atom is 0.180 e. The largest absolute Gasteiger partial charge is 0.452 e. The van der Waals surface area contributed by atoms with Crippen molar-refractivity contribution in [3.05, 3.63) is 121 Å². The summed E-state index contributed by atoms with van der Waals surface area (Å²) in [6.07, 6.45) is 0. The van der Waals surface area contributed by atoms with E-state index in [1.807, 2.05) is 36.4 Å². The van der Waals surface area contributed by atoms with Crippen LogP contribution >= 0.6 is 0 Å². The number of nitrogens with zero attached hydrogens (tertiary/aromatic N) is 4. The maximum absolute atomic E-state index is 6.31. The van der Waals surface area contributed by atoms with Crippen LogP contribution in [0.2, 0.25) is 0 Å². The first-order valence-corrected chi connectivity index (χ1v) is 16.2. The zero-order valence-corrected chi connectivity index (χ0v) is 27.6. The molecule has 230 valence electrons. The third-order valence-corrected chi connectivity index (χ3v) is 8.90. The third kappa shape index (κ3) is 5.03. The molecule has 4 heterocycles. The van der Waals surface area contributed by atoms with Crippen LogP contribution in [0.25, 0.3) is 77.6 Å². The Hall–Kier alpha value is -5.42. The molecule has 0 bridgehead atoms. The van der Waals surface area contributed by atoms with Gasteiger partial charge in [-0.3, -0.25) is 0 Å². The molecule has 0 aliphatic carbocycles. The number of benzene rings is 4. The third-order valence-electron chi connectivity index (χ3n) is 8.90. The van der Waals surface area contributed by atoms with Crippen molar-refractivity contribution in [2.75, 3.05) is 0 Å². The minimum absolute atomic E-state index is 0.0646. The van der Waals surface area contributed by atoms with Gasteiger partial charge in [0.05, 0.1) is 11.0 Å². The van der Waals surface area contributed by atoms with E-state index in [9.17, 15) is 0 Å². The highest BCUT2D eigenvalue weighted by atomic mass is 16.3. The summed E-state index contributed by atoms with van der Waals surface area (Å²) in [5.41, 5.74) is 11.1. The average Bonchev–Trinajstić information content (AvgIpc) is 3.45. The molecule has 0 aliphatic rings. The second-order valence-electron chi connectivity index (χ2n) is 14.4. The number of aromatic nitrogens is 4. The Morgan fingerprint density at radius 2 is 1.15 bits per heavy atom. The van der Waals surface area contributed by atoms with E-state index in [4.69, 9.17) is 24.4 Å². The van der Waals surface area contributed by atoms with Gasteiger partial charge < -0.3 is 4.42 Å². The lowest BCUT2D eigenvalue weighted by Crippen LogP contribution is -2.15. The van der Waals surface area contributed by atoms with Crippen LogP contribution in [0.3, 0.4) is 0 Å². The van der Waals surface area contributed by atoms with E-state index >= 15 is 0 Å². The number of rotatable bonds is 3. The van der Waals surface area contributed by atoms with Gasteiger partial charge in [-0.15, -0.1) is 0 Å². The second-order valence-corrected chi connectivity index (χ2v) is 14.4. The van der Waals surface area contributed by atoms with Crippen molar-refractivity contribution in [3.8, 4) is 33.8 Å². The van der Waals surface area contributed by atoms with Crippen LogP contribution in [-0.2, 0) is 10.8 Å². The molecule has 0 N–H and O–H groups in total. The van der Waals surface area contributed by atoms with Crippen molar-refractivity contribution < 1.29 is 4.42 Å². The summed E-state index contributed by atoms with van der Waals surface area (Å²) in [7, 11) is 0. The number of furan rings is 1. The molecule has 0 unspecified atom stereocenters. The monoisotopic (exact) mass is 612 g/mol. The van der Waals surface area contributed by atoms with Crippen molar-refractivity contribution in [1.29, 1.82) is 0 Å². The first kappa shape index (κ1) is 29.0. The fraction of sp³-hybridized carbons (Fsp3) is 0.190. The molecule has 5 heteroatoms. The highest BCUT2D eigenvalue weighted by Gasteiger charge is 2.22. The summed E-state index contributed by atoms with van der Waals surface area (Å²) in [6, 6.07) is 37.7. The SMILES string of the molecule is CC(C)(C)c1ccc2ccc3c(-c4ccc(-c5nc(-c6ccccc6)c6oc7ccccc7c6n5)cc4)cc(C(C)(C)C)nc3c2n1. The number of pyridine rings is 2. The Balaban J connectivity index is 1.31. The lowest BCUT2D eigenvalue weighted by Gasteiger charge is -2.22. The lowest BCUT2D eigenvalue weighted by atomic mass is 9.87. The quantitative estimate of drug-likeness (QED) is 0.186. The van der Waals surface area contributed by atoms with Crippen molar-refractivity contribution in [2.45, 2.75) is 52.4 Å². The molecule has 5 nitrogen and oxygen atoms in total. The molecule has 8 rings (SSSR count). The highest BCUT2D eigenvalue weighted by molar-refractivity contribution is 6.09. The number of hydrogen-bond donors (Lipinski definition) is 0. The van der Waals surface area contributed by atoms with Gasteiger partial charge in [0.1, 0.15) is 16.8 Å². The van der Waals surface area contributed by atoms with E-state index in [0.717, 1.165) is 77.6 Å². The summed E-state index contributed by atoms with van der Waals surface area (Å²) in [5.74, 6) is 0.661. The minimum atomic E-state index is -0.142. The molecular weight excluding hydrogens is 576 g/mol. The minimum Gasteiger partial charge on any atom is -0.452 e. The van der Waals surface area contributed by atoms with Crippen molar-refractivity contribution in [2.24, 2.45) is 0 Å². The maximum atomic E-state index is 6.31. The zero-order chi connectivity index (χ0) is 32.5. The molecule has 0 saturated carbocycles. The Morgan fingerprint density at radius 3 is 1.89 bits per heavy atom. The van der Waals surface area contributed by atoms with Crippen molar-refractivity contribution >= 4 is 43.9 Å². The van der Waals surface area contributed by atoms with E-state index in [-0.39, 0.29) is 10.8 Å². The van der Waals surface area contributed by atoms with Gasteiger partial charge in [0.25, 0.3) is 0 Å². The van der Waals surface area contributed by atoms with Gasteiger partial charge in [0, 0.05) is 49.5 Å². The van der Waals surface area contributed by atoms with Crippen LogP contribution in [-0.4, -0.2) is 19.9 Å². The highest BCUT2D eigenvalue weighted by Crippen LogP contribution is 2.38. The topological polar surface area (TPSA) is 64.7 Å². The summed E-state index contributed by atoms with van der Waals surface area (Å²) in [6.45, 7) is 13.2. The normalized spacial score (nSPS) is 12.5. The molecular formula is C42H36N4O. The van der Waals surface area contributed by atoms with Crippen molar-refractivity contribution in [1.82, 2.24) is 19.9 Å². The zero-order valence-electron chi connectivity index (χ0n) is 27.6. The van der Waals surface area contributed by atoms with Crippen LogP contribution in [0.4, 0.5) is 0 Å². The molecule has 0 amide bonds. The first-order valence-electron chi connectivity index (χ1n) is 16.2. The van der Waals surface area contributed by atoms with E-state index < -0.39 is 0 Å². The predicted octanol–water partition coefficient (Wildman–Crippen LogP) is 11.1. The van der Waals surface area contributed by atoms with Gasteiger partial charge in [0.15, 0.2) is 11.4 Å². The van der Waals surface area contributed by atoms with Crippen LogP contribution in [0.1, 0.15) is 52.9 Å². The van der Waals surface area contributed by atoms with Gasteiger partial charge in [-0.2, -0.15) is 0 Å². The Morgan fingerprint density at radius 1 is 0.489 bits per heavy atom. The molecule has 0 saturated heterocycles. The van der Waals surface area contributed by atoms with Gasteiger partial charge in [-0.05, 0) is 35.4 Å². The molecule has 4 aromatic carbocycles. The lowest BCUT2D eigenvalue weighted by molar-refractivity contribution is 0.570. The second kappa shape index (κ2) is 10.6. The molecule has 8 aromatic rings. The smallest absolute Gasteiger partial charge is 0.180 e. The van der Waals surface area contributed by atoms with Gasteiger partial charge in [-0.1, -0.05) is 126 Å². The van der Waals surface area contributed by atoms with Gasteiger partial charge in [-0.25, -0.2) is 19.9 Å². The number of fused-ring (bicyclic) bond motifs is 6. The summed E-state index contributed by atoms with van der Waals surface area (Å²) < 4.78 is 6.31. The first-order chi connectivity index (χ1) is 22.5.